The third-order valence-electron chi connectivity index (χ3n) is 3.48. The molecule has 1 amide bonds. The number of anilines is 1. The highest BCUT2D eigenvalue weighted by Gasteiger charge is 2.23. The minimum absolute atomic E-state index is 0.0140. The number of nitro benzene ring substituents is 1. The molecule has 0 saturated carbocycles. The van der Waals surface area contributed by atoms with Crippen LogP contribution in [0.3, 0.4) is 0 Å². The van der Waals surface area contributed by atoms with Gasteiger partial charge < -0.3 is 14.8 Å². The van der Waals surface area contributed by atoms with E-state index >= 15 is 0 Å². The fourth-order valence-electron chi connectivity index (χ4n) is 2.15. The molecule has 1 atom stereocenters. The highest BCUT2D eigenvalue weighted by molar-refractivity contribution is 6.33. The first kappa shape index (κ1) is 20.2. The number of hydrogen-bond donors (Lipinski definition) is 1. The first-order chi connectivity index (χ1) is 12.8. The second-order valence-electron chi connectivity index (χ2n) is 5.39. The summed E-state index contributed by atoms with van der Waals surface area (Å²) in [4.78, 5) is 34.7. The van der Waals surface area contributed by atoms with Crippen molar-refractivity contribution in [3.8, 4) is 5.75 Å². The Morgan fingerprint density at radius 2 is 1.96 bits per heavy atom. The lowest BCUT2D eigenvalue weighted by molar-refractivity contribution is -0.384. The Labute approximate surface area is 160 Å². The minimum Gasteiger partial charge on any atom is -0.492 e. The van der Waals surface area contributed by atoms with Crippen molar-refractivity contribution in [3.63, 3.8) is 0 Å². The van der Waals surface area contributed by atoms with Gasteiger partial charge in [-0.3, -0.25) is 14.9 Å². The Kier molecular flexibility index (Phi) is 6.73. The molecule has 0 aromatic heterocycles. The Bertz CT molecular complexity index is 871. The van der Waals surface area contributed by atoms with Crippen molar-refractivity contribution in [1.29, 1.82) is 0 Å². The molecule has 2 aromatic rings. The molecule has 0 aliphatic heterocycles. The molecule has 0 aliphatic carbocycles. The number of rotatable bonds is 7. The molecule has 2 rings (SSSR count). The fraction of sp³-hybridized carbons (Fsp3) is 0.222. The fourth-order valence-corrected chi connectivity index (χ4v) is 2.34. The number of ether oxygens (including phenoxy) is 2. The predicted octanol–water partition coefficient (Wildman–Crippen LogP) is 3.83. The van der Waals surface area contributed by atoms with E-state index in [-0.39, 0.29) is 16.3 Å². The van der Waals surface area contributed by atoms with Crippen molar-refractivity contribution < 1.29 is 24.0 Å². The minimum atomic E-state index is -1.16. The van der Waals surface area contributed by atoms with Crippen LogP contribution in [0.1, 0.15) is 24.2 Å². The van der Waals surface area contributed by atoms with Crippen molar-refractivity contribution in [3.05, 3.63) is 63.2 Å². The van der Waals surface area contributed by atoms with Crippen molar-refractivity contribution in [1.82, 2.24) is 0 Å². The highest BCUT2D eigenvalue weighted by atomic mass is 35.5. The van der Waals surface area contributed by atoms with E-state index in [2.05, 4.69) is 5.32 Å². The SMILES string of the molecule is CCOc1ccccc1NC(=O)C(C)OC(=O)c1cc([N+](=O)[O-])ccc1Cl. The lowest BCUT2D eigenvalue weighted by Crippen LogP contribution is -2.30. The van der Waals surface area contributed by atoms with E-state index in [1.807, 2.05) is 6.92 Å². The van der Waals surface area contributed by atoms with Crippen LogP contribution in [-0.4, -0.2) is 29.5 Å². The summed E-state index contributed by atoms with van der Waals surface area (Å²) in [5, 5.41) is 13.4. The van der Waals surface area contributed by atoms with Crippen molar-refractivity contribution in [2.24, 2.45) is 0 Å². The van der Waals surface area contributed by atoms with Crippen LogP contribution in [0.5, 0.6) is 5.75 Å². The van der Waals surface area contributed by atoms with E-state index in [1.165, 1.54) is 19.1 Å². The van der Waals surface area contributed by atoms with Crippen LogP contribution >= 0.6 is 11.6 Å². The van der Waals surface area contributed by atoms with E-state index in [0.717, 1.165) is 6.07 Å². The maximum atomic E-state index is 12.3. The molecule has 0 bridgehead atoms. The molecule has 27 heavy (non-hydrogen) atoms. The number of esters is 1. The first-order valence-corrected chi connectivity index (χ1v) is 8.39. The molecular formula is C18H17ClN2O6. The average molecular weight is 393 g/mol. The zero-order valence-electron chi connectivity index (χ0n) is 14.6. The van der Waals surface area contributed by atoms with Crippen LogP contribution < -0.4 is 10.1 Å². The second kappa shape index (κ2) is 9.00. The van der Waals surface area contributed by atoms with Crippen molar-refractivity contribution >= 4 is 34.9 Å². The number of hydrogen-bond acceptors (Lipinski definition) is 6. The topological polar surface area (TPSA) is 108 Å². The summed E-state index contributed by atoms with van der Waals surface area (Å²) >= 11 is 5.90. The van der Waals surface area contributed by atoms with E-state index < -0.39 is 22.9 Å². The smallest absolute Gasteiger partial charge is 0.340 e. The largest absolute Gasteiger partial charge is 0.492 e. The number of para-hydroxylation sites is 2. The molecule has 8 nitrogen and oxygen atoms in total. The van der Waals surface area contributed by atoms with E-state index in [1.54, 1.807) is 24.3 Å². The van der Waals surface area contributed by atoms with Crippen LogP contribution in [0.4, 0.5) is 11.4 Å². The van der Waals surface area contributed by atoms with Gasteiger partial charge in [0.05, 0.1) is 27.8 Å². The normalized spacial score (nSPS) is 11.4. The highest BCUT2D eigenvalue weighted by Crippen LogP contribution is 2.25. The number of benzene rings is 2. The summed E-state index contributed by atoms with van der Waals surface area (Å²) in [6, 6.07) is 10.2. The monoisotopic (exact) mass is 392 g/mol. The molecule has 1 N–H and O–H groups in total. The maximum Gasteiger partial charge on any atom is 0.340 e. The van der Waals surface area contributed by atoms with Gasteiger partial charge in [0.15, 0.2) is 6.10 Å². The predicted molar refractivity (Wildman–Crippen MR) is 99.2 cm³/mol. The van der Waals surface area contributed by atoms with E-state index in [0.29, 0.717) is 18.0 Å². The number of halogens is 1. The number of non-ortho nitro benzene ring substituents is 1. The second-order valence-corrected chi connectivity index (χ2v) is 5.79. The molecule has 0 spiro atoms. The Hall–Kier alpha value is -3.13. The summed E-state index contributed by atoms with van der Waals surface area (Å²) in [6.07, 6.45) is -1.16. The van der Waals surface area contributed by atoms with Crippen molar-refractivity contribution in [2.45, 2.75) is 20.0 Å². The molecule has 0 heterocycles. The lowest BCUT2D eigenvalue weighted by Gasteiger charge is -2.16. The van der Waals surface area contributed by atoms with Crippen LogP contribution in [0, 0.1) is 10.1 Å². The Morgan fingerprint density at radius 1 is 1.26 bits per heavy atom. The van der Waals surface area contributed by atoms with E-state index in [9.17, 15) is 19.7 Å². The lowest BCUT2D eigenvalue weighted by atomic mass is 10.2. The molecule has 0 radical (unpaired) electrons. The van der Waals surface area contributed by atoms with Gasteiger partial charge in [0.2, 0.25) is 0 Å². The summed E-state index contributed by atoms with van der Waals surface area (Å²) < 4.78 is 10.5. The van der Waals surface area contributed by atoms with Crippen LogP contribution in [0.25, 0.3) is 0 Å². The van der Waals surface area contributed by atoms with Crippen molar-refractivity contribution in [2.75, 3.05) is 11.9 Å². The molecule has 142 valence electrons. The van der Waals surface area contributed by atoms with Gasteiger partial charge in [0, 0.05) is 12.1 Å². The number of nitrogens with zero attached hydrogens (tertiary/aromatic N) is 1. The van der Waals surface area contributed by atoms with E-state index in [4.69, 9.17) is 21.1 Å². The molecule has 0 aliphatic rings. The molecular weight excluding hydrogens is 376 g/mol. The van der Waals surface area contributed by atoms with Gasteiger partial charge in [0.25, 0.3) is 11.6 Å². The van der Waals surface area contributed by atoms with Gasteiger partial charge >= 0.3 is 5.97 Å². The van der Waals surface area contributed by atoms with Crippen LogP contribution in [-0.2, 0) is 9.53 Å². The zero-order chi connectivity index (χ0) is 20.0. The Morgan fingerprint density at radius 3 is 2.63 bits per heavy atom. The van der Waals surface area contributed by atoms with Gasteiger partial charge in [-0.25, -0.2) is 4.79 Å². The van der Waals surface area contributed by atoms with Crippen LogP contribution in [0.2, 0.25) is 5.02 Å². The summed E-state index contributed by atoms with van der Waals surface area (Å²) in [6.45, 7) is 3.61. The van der Waals surface area contributed by atoms with Crippen LogP contribution in [0.15, 0.2) is 42.5 Å². The Balaban J connectivity index is 2.09. The molecule has 9 heteroatoms. The molecule has 0 saturated heterocycles. The number of nitrogens with one attached hydrogen (secondary N) is 1. The van der Waals surface area contributed by atoms with Gasteiger partial charge in [-0.15, -0.1) is 0 Å². The average Bonchev–Trinajstić information content (AvgIpc) is 2.63. The first-order valence-electron chi connectivity index (χ1n) is 8.01. The van der Waals surface area contributed by atoms with Gasteiger partial charge in [-0.05, 0) is 32.0 Å². The number of nitro groups is 1. The number of amides is 1. The molecule has 2 aromatic carbocycles. The molecule has 1 unspecified atom stereocenters. The number of carbonyl (C=O) groups is 2. The quantitative estimate of drug-likeness (QED) is 0.436. The maximum absolute atomic E-state index is 12.3. The van der Waals surface area contributed by atoms with Gasteiger partial charge in [-0.2, -0.15) is 0 Å². The third-order valence-corrected chi connectivity index (χ3v) is 3.81. The standard InChI is InChI=1S/C18H17ClN2O6/c1-3-26-16-7-5-4-6-15(16)20-17(22)11(2)27-18(23)13-10-12(21(24)25)8-9-14(13)19/h4-11H,3H2,1-2H3,(H,20,22). The zero-order valence-corrected chi connectivity index (χ0v) is 15.4. The van der Waals surface area contributed by atoms with Gasteiger partial charge in [-0.1, -0.05) is 23.7 Å². The van der Waals surface area contributed by atoms with Gasteiger partial charge in [0.1, 0.15) is 5.75 Å². The summed E-state index contributed by atoms with van der Waals surface area (Å²) in [7, 11) is 0. The summed E-state index contributed by atoms with van der Waals surface area (Å²) in [5.41, 5.74) is -0.0741. The summed E-state index contributed by atoms with van der Waals surface area (Å²) in [5.74, 6) is -1.05. The third kappa shape index (κ3) is 5.18. The number of carbonyl (C=O) groups excluding carboxylic acids is 2. The molecule has 0 fully saturated rings.